The quantitative estimate of drug-likeness (QED) is 0.500. The fraction of sp³-hybridized carbons (Fsp3) is 0.600. The van der Waals surface area contributed by atoms with E-state index in [-0.39, 0.29) is 0 Å². The Bertz CT molecular complexity index is 293. The second-order valence-corrected chi connectivity index (χ2v) is 3.78. The molecule has 0 saturated heterocycles. The Hall–Kier alpha value is -1.06. The van der Waals surface area contributed by atoms with Crippen LogP contribution in [-0.2, 0) is 13.0 Å². The van der Waals surface area contributed by atoms with E-state index in [0.29, 0.717) is 0 Å². The third-order valence-corrected chi connectivity index (χ3v) is 2.08. The molecule has 1 aromatic rings. The van der Waals surface area contributed by atoms with Crippen LogP contribution in [0.3, 0.4) is 0 Å². The molecular formula is C10H18BN3. The molecule has 14 heavy (non-hydrogen) atoms. The van der Waals surface area contributed by atoms with Crippen molar-refractivity contribution >= 4 is 7.85 Å². The fourth-order valence-electron chi connectivity index (χ4n) is 1.36. The molecule has 1 heterocycles. The van der Waals surface area contributed by atoms with Crippen molar-refractivity contribution in [1.82, 2.24) is 15.0 Å². The summed E-state index contributed by atoms with van der Waals surface area (Å²) in [5.41, 5.74) is 2.34. The normalized spacial score (nSPS) is 10.4. The van der Waals surface area contributed by atoms with Crippen LogP contribution >= 0.6 is 0 Å². The first-order valence-electron chi connectivity index (χ1n) is 5.25. The molecule has 0 amide bonds. The molecule has 1 aromatic heterocycles. The lowest BCUT2D eigenvalue weighted by molar-refractivity contribution is 0.626. The Morgan fingerprint density at radius 1 is 1.64 bits per heavy atom. The van der Waals surface area contributed by atoms with Gasteiger partial charge in [0.1, 0.15) is 7.85 Å². The minimum absolute atomic E-state index is 0.966. The molecule has 0 radical (unpaired) electrons. The van der Waals surface area contributed by atoms with Crippen molar-refractivity contribution in [3.8, 4) is 0 Å². The van der Waals surface area contributed by atoms with Gasteiger partial charge in [0.15, 0.2) is 0 Å². The van der Waals surface area contributed by atoms with Crippen LogP contribution < -0.4 is 0 Å². The summed E-state index contributed by atoms with van der Waals surface area (Å²) < 4.78 is 1.91. The number of aromatic nitrogens is 3. The first-order chi connectivity index (χ1) is 6.72. The van der Waals surface area contributed by atoms with E-state index in [1.165, 1.54) is 5.57 Å². The van der Waals surface area contributed by atoms with Gasteiger partial charge in [-0.15, -0.1) is 11.7 Å². The van der Waals surface area contributed by atoms with Crippen LogP contribution in [0.1, 0.15) is 25.5 Å². The van der Waals surface area contributed by atoms with Gasteiger partial charge in [0.2, 0.25) is 0 Å². The summed E-state index contributed by atoms with van der Waals surface area (Å²) in [6, 6.07) is 0. The summed E-state index contributed by atoms with van der Waals surface area (Å²) >= 11 is 0. The molecule has 0 aliphatic carbocycles. The molecule has 0 spiro atoms. The van der Waals surface area contributed by atoms with Crippen molar-refractivity contribution in [3.05, 3.63) is 24.0 Å². The van der Waals surface area contributed by atoms with Gasteiger partial charge in [-0.2, -0.15) is 0 Å². The van der Waals surface area contributed by atoms with E-state index in [1.54, 1.807) is 0 Å². The number of rotatable bonds is 6. The molecule has 0 N–H and O–H groups in total. The molecule has 0 aromatic carbocycles. The molecule has 0 aliphatic rings. The number of hydrogen-bond acceptors (Lipinski definition) is 2. The molecule has 0 atom stereocenters. The molecule has 0 saturated carbocycles. The Kier molecular flexibility index (Phi) is 4.43. The zero-order chi connectivity index (χ0) is 10.4. The first-order valence-corrected chi connectivity index (χ1v) is 5.25. The Morgan fingerprint density at radius 2 is 2.43 bits per heavy atom. The maximum absolute atomic E-state index is 4.11. The van der Waals surface area contributed by atoms with Crippen molar-refractivity contribution in [2.45, 2.75) is 39.1 Å². The molecule has 0 bridgehead atoms. The van der Waals surface area contributed by atoms with Crippen molar-refractivity contribution in [2.24, 2.45) is 0 Å². The second-order valence-electron chi connectivity index (χ2n) is 3.78. The average Bonchev–Trinajstić information content (AvgIpc) is 2.53. The molecule has 1 rings (SSSR count). The van der Waals surface area contributed by atoms with Gasteiger partial charge in [-0.25, -0.2) is 0 Å². The van der Waals surface area contributed by atoms with Gasteiger partial charge in [-0.3, -0.25) is 4.68 Å². The molecule has 0 unspecified atom stereocenters. The van der Waals surface area contributed by atoms with Crippen LogP contribution in [-0.4, -0.2) is 22.8 Å². The highest BCUT2D eigenvalue weighted by molar-refractivity contribution is 6.08. The maximum Gasteiger partial charge on any atom is 0.103 e. The highest BCUT2D eigenvalue weighted by atomic mass is 15.4. The van der Waals surface area contributed by atoms with E-state index in [2.05, 4.69) is 31.7 Å². The molecule has 3 nitrogen and oxygen atoms in total. The van der Waals surface area contributed by atoms with E-state index in [9.17, 15) is 0 Å². The van der Waals surface area contributed by atoms with Crippen LogP contribution in [0.15, 0.2) is 18.3 Å². The Labute approximate surface area is 86.6 Å². The molecule has 0 aliphatic heterocycles. The van der Waals surface area contributed by atoms with Gasteiger partial charge < -0.3 is 0 Å². The fourth-order valence-corrected chi connectivity index (χ4v) is 1.36. The number of aryl methyl sites for hydroxylation is 2. The van der Waals surface area contributed by atoms with Crippen molar-refractivity contribution in [2.75, 3.05) is 0 Å². The summed E-state index contributed by atoms with van der Waals surface area (Å²) in [5, 5.41) is 8.16. The number of allylic oxidation sites excluding steroid dienone is 1. The van der Waals surface area contributed by atoms with Crippen LogP contribution in [0, 0.1) is 0 Å². The average molecular weight is 191 g/mol. The van der Waals surface area contributed by atoms with E-state index in [0.717, 1.165) is 37.8 Å². The van der Waals surface area contributed by atoms with Crippen molar-refractivity contribution < 1.29 is 0 Å². The SMILES string of the molecule is BCCn1cc(CCCC(=C)C)nn1. The van der Waals surface area contributed by atoms with Gasteiger partial charge in [0.25, 0.3) is 0 Å². The molecule has 4 heteroatoms. The summed E-state index contributed by atoms with van der Waals surface area (Å²) in [5.74, 6) is 0. The molecule has 76 valence electrons. The minimum atomic E-state index is 0.966. The van der Waals surface area contributed by atoms with Crippen LogP contribution in [0.4, 0.5) is 0 Å². The van der Waals surface area contributed by atoms with Crippen molar-refractivity contribution in [1.29, 1.82) is 0 Å². The van der Waals surface area contributed by atoms with E-state index in [4.69, 9.17) is 0 Å². The monoisotopic (exact) mass is 191 g/mol. The summed E-state index contributed by atoms with van der Waals surface area (Å²) in [6.07, 6.45) is 6.37. The van der Waals surface area contributed by atoms with Crippen molar-refractivity contribution in [3.63, 3.8) is 0 Å². The summed E-state index contributed by atoms with van der Waals surface area (Å²) in [6.45, 7) is 6.91. The predicted octanol–water partition coefficient (Wildman–Crippen LogP) is 1.23. The van der Waals surface area contributed by atoms with E-state index >= 15 is 0 Å². The predicted molar refractivity (Wildman–Crippen MR) is 61.1 cm³/mol. The molecular weight excluding hydrogens is 173 g/mol. The third kappa shape index (κ3) is 3.77. The van der Waals surface area contributed by atoms with Gasteiger partial charge >= 0.3 is 0 Å². The standard InChI is InChI=1S/C10H18BN3/c1-9(2)4-3-5-10-8-14(7-6-11)13-12-10/h8H,1,3-7,11H2,2H3. The zero-order valence-corrected chi connectivity index (χ0v) is 9.16. The minimum Gasteiger partial charge on any atom is -0.253 e. The van der Waals surface area contributed by atoms with E-state index < -0.39 is 0 Å². The zero-order valence-electron chi connectivity index (χ0n) is 9.16. The highest BCUT2D eigenvalue weighted by Gasteiger charge is 1.99. The highest BCUT2D eigenvalue weighted by Crippen LogP contribution is 2.05. The largest absolute Gasteiger partial charge is 0.253 e. The van der Waals surface area contributed by atoms with Crippen LogP contribution in [0.25, 0.3) is 0 Å². The Balaban J connectivity index is 2.32. The number of hydrogen-bond donors (Lipinski definition) is 0. The van der Waals surface area contributed by atoms with Crippen LogP contribution in [0.2, 0.25) is 6.32 Å². The first kappa shape index (κ1) is 11.0. The second kappa shape index (κ2) is 5.63. The summed E-state index contributed by atoms with van der Waals surface area (Å²) in [7, 11) is 2.14. The Morgan fingerprint density at radius 3 is 3.07 bits per heavy atom. The third-order valence-electron chi connectivity index (χ3n) is 2.08. The topological polar surface area (TPSA) is 30.7 Å². The number of nitrogens with zero attached hydrogens (tertiary/aromatic N) is 3. The van der Waals surface area contributed by atoms with Crippen LogP contribution in [0.5, 0.6) is 0 Å². The lowest BCUT2D eigenvalue weighted by Crippen LogP contribution is -1.97. The van der Waals surface area contributed by atoms with Gasteiger partial charge in [0, 0.05) is 12.7 Å². The lowest BCUT2D eigenvalue weighted by Gasteiger charge is -1.96. The smallest absolute Gasteiger partial charge is 0.103 e. The maximum atomic E-state index is 4.11. The lowest BCUT2D eigenvalue weighted by atomic mass is 10.1. The van der Waals surface area contributed by atoms with E-state index in [1.807, 2.05) is 10.9 Å². The molecule has 0 fully saturated rings. The summed E-state index contributed by atoms with van der Waals surface area (Å²) in [4.78, 5) is 0. The van der Waals surface area contributed by atoms with Gasteiger partial charge in [-0.05, 0) is 26.2 Å². The van der Waals surface area contributed by atoms with Gasteiger partial charge in [0.05, 0.1) is 5.69 Å². The van der Waals surface area contributed by atoms with Gasteiger partial charge in [-0.1, -0.05) is 17.1 Å².